The first-order chi connectivity index (χ1) is 16.0. The summed E-state index contributed by atoms with van der Waals surface area (Å²) in [5.74, 6) is -1.63. The zero-order valence-corrected chi connectivity index (χ0v) is 20.8. The third-order valence-corrected chi connectivity index (χ3v) is 6.80. The average Bonchev–Trinajstić information content (AvgIpc) is 3.06. The Morgan fingerprint density at radius 2 is 1.59 bits per heavy atom. The molecule has 2 atom stereocenters. The number of nitrogens with zero attached hydrogens (tertiary/aromatic N) is 1. The third kappa shape index (κ3) is 7.01. The fourth-order valence-corrected chi connectivity index (χ4v) is 4.87. The van der Waals surface area contributed by atoms with E-state index in [-0.39, 0.29) is 31.8 Å². The van der Waals surface area contributed by atoms with Gasteiger partial charge in [-0.3, -0.25) is 19.6 Å². The lowest BCUT2D eigenvalue weighted by atomic mass is 10.0. The number of carbonyl (C=O) groups excluding carboxylic acids is 3. The van der Waals surface area contributed by atoms with E-state index in [0.29, 0.717) is 11.1 Å². The first-order valence-electron chi connectivity index (χ1n) is 12.5. The zero-order valence-electron chi connectivity index (χ0n) is 20.0. The molecule has 190 valence electrons. The highest BCUT2D eigenvalue weighted by Gasteiger charge is 2.49. The summed E-state index contributed by atoms with van der Waals surface area (Å²) in [5.41, 5.74) is 7.36. The van der Waals surface area contributed by atoms with Crippen LogP contribution in [0.1, 0.15) is 93.0 Å². The molecule has 34 heavy (non-hydrogen) atoms. The number of hydrogen-bond acceptors (Lipinski definition) is 6. The molecule has 1 aromatic rings. The van der Waals surface area contributed by atoms with Crippen LogP contribution in [0.25, 0.3) is 0 Å². The number of fused-ring (bicyclic) bond motifs is 1. The van der Waals surface area contributed by atoms with Crippen LogP contribution in [0, 0.1) is 5.21 Å². The van der Waals surface area contributed by atoms with E-state index >= 15 is 0 Å². The molecule has 0 aromatic heterocycles. The Labute approximate surface area is 208 Å². The van der Waals surface area contributed by atoms with Crippen LogP contribution in [0.5, 0.6) is 0 Å². The van der Waals surface area contributed by atoms with Crippen LogP contribution in [0.15, 0.2) is 18.2 Å². The van der Waals surface area contributed by atoms with Crippen molar-refractivity contribution in [3.05, 3.63) is 34.5 Å². The minimum absolute atomic E-state index is 0. The van der Waals surface area contributed by atoms with Crippen LogP contribution in [-0.4, -0.2) is 41.5 Å². The maximum absolute atomic E-state index is 13.5. The SMILES string of the molecule is Cl.NCCCCCCCCCCCCNc1cccc2c1C[N+]([O-])(C1CCC(=O)NC1=O)C2=O. The van der Waals surface area contributed by atoms with Gasteiger partial charge in [-0.1, -0.05) is 57.4 Å². The molecule has 0 bridgehead atoms. The normalized spacial score (nSPS) is 21.7. The molecule has 1 aromatic carbocycles. The average molecular weight is 495 g/mol. The molecule has 2 heterocycles. The lowest BCUT2D eigenvalue weighted by Gasteiger charge is -2.42. The second-order valence-electron chi connectivity index (χ2n) is 9.31. The highest BCUT2D eigenvalue weighted by atomic mass is 35.5. The summed E-state index contributed by atoms with van der Waals surface area (Å²) in [4.78, 5) is 36.6. The van der Waals surface area contributed by atoms with E-state index in [1.54, 1.807) is 12.1 Å². The number of imide groups is 1. The summed E-state index contributed by atoms with van der Waals surface area (Å²) in [6, 6.07) is 4.24. The van der Waals surface area contributed by atoms with Gasteiger partial charge in [0, 0.05) is 30.6 Å². The maximum Gasteiger partial charge on any atom is 0.347 e. The summed E-state index contributed by atoms with van der Waals surface area (Å²) >= 11 is 0. The highest BCUT2D eigenvalue weighted by molar-refractivity contribution is 6.02. The highest BCUT2D eigenvalue weighted by Crippen LogP contribution is 2.37. The first-order valence-corrected chi connectivity index (χ1v) is 12.5. The van der Waals surface area contributed by atoms with Crippen LogP contribution in [0.4, 0.5) is 5.69 Å². The molecule has 0 spiro atoms. The van der Waals surface area contributed by atoms with Crippen LogP contribution in [0.3, 0.4) is 0 Å². The molecule has 0 radical (unpaired) electrons. The minimum Gasteiger partial charge on any atom is -0.624 e. The van der Waals surface area contributed by atoms with Gasteiger partial charge in [0.1, 0.15) is 6.54 Å². The Bertz CT molecular complexity index is 850. The van der Waals surface area contributed by atoms with Crippen molar-refractivity contribution in [3.8, 4) is 0 Å². The summed E-state index contributed by atoms with van der Waals surface area (Å²) in [5, 5.41) is 19.1. The van der Waals surface area contributed by atoms with Gasteiger partial charge < -0.3 is 16.3 Å². The zero-order chi connectivity index (χ0) is 23.7. The number of hydroxylamine groups is 3. The molecule has 2 unspecified atom stereocenters. The van der Waals surface area contributed by atoms with Crippen LogP contribution in [0.2, 0.25) is 0 Å². The van der Waals surface area contributed by atoms with Crippen molar-refractivity contribution in [2.45, 2.75) is 89.6 Å². The Balaban J connectivity index is 0.00000408. The van der Waals surface area contributed by atoms with Gasteiger partial charge in [0.2, 0.25) is 5.91 Å². The van der Waals surface area contributed by atoms with Crippen molar-refractivity contribution in [1.82, 2.24) is 5.32 Å². The van der Waals surface area contributed by atoms with Gasteiger partial charge in [-0.15, -0.1) is 12.4 Å². The Morgan fingerprint density at radius 1 is 0.971 bits per heavy atom. The van der Waals surface area contributed by atoms with Crippen molar-refractivity contribution < 1.29 is 19.0 Å². The monoisotopic (exact) mass is 494 g/mol. The van der Waals surface area contributed by atoms with E-state index in [2.05, 4.69) is 10.6 Å². The van der Waals surface area contributed by atoms with E-state index in [9.17, 15) is 19.6 Å². The summed E-state index contributed by atoms with van der Waals surface area (Å²) in [6.07, 6.45) is 12.4. The number of benzene rings is 1. The predicted octanol–water partition coefficient (Wildman–Crippen LogP) is 4.15. The van der Waals surface area contributed by atoms with Gasteiger partial charge in [0.05, 0.1) is 5.56 Å². The lowest BCUT2D eigenvalue weighted by Crippen LogP contribution is -2.60. The molecule has 1 fully saturated rings. The van der Waals surface area contributed by atoms with Crippen molar-refractivity contribution in [1.29, 1.82) is 0 Å². The van der Waals surface area contributed by atoms with E-state index in [4.69, 9.17) is 5.73 Å². The Kier molecular flexibility index (Phi) is 11.4. The number of nitrogens with one attached hydrogen (secondary N) is 2. The van der Waals surface area contributed by atoms with Gasteiger partial charge >= 0.3 is 5.91 Å². The van der Waals surface area contributed by atoms with Crippen LogP contribution < -0.4 is 16.4 Å². The molecule has 8 nitrogen and oxygen atoms in total. The summed E-state index contributed by atoms with van der Waals surface area (Å²) in [6.45, 7) is 1.50. The fourth-order valence-electron chi connectivity index (χ4n) is 4.87. The quantitative estimate of drug-likeness (QED) is 0.154. The Hall–Kier alpha value is -2.00. The van der Waals surface area contributed by atoms with Gasteiger partial charge in [-0.25, -0.2) is 4.79 Å². The van der Waals surface area contributed by atoms with E-state index in [1.807, 2.05) is 6.07 Å². The van der Waals surface area contributed by atoms with Gasteiger partial charge in [0.25, 0.3) is 5.91 Å². The van der Waals surface area contributed by atoms with Crippen LogP contribution >= 0.6 is 12.4 Å². The second-order valence-corrected chi connectivity index (χ2v) is 9.31. The van der Waals surface area contributed by atoms with Gasteiger partial charge in [-0.05, 0) is 31.5 Å². The molecule has 0 saturated carbocycles. The number of piperidine rings is 1. The van der Waals surface area contributed by atoms with E-state index in [1.165, 1.54) is 44.9 Å². The largest absolute Gasteiger partial charge is 0.624 e. The van der Waals surface area contributed by atoms with Gasteiger partial charge in [-0.2, -0.15) is 0 Å². The minimum atomic E-state index is -1.24. The molecule has 3 rings (SSSR count). The predicted molar refractivity (Wildman–Crippen MR) is 135 cm³/mol. The van der Waals surface area contributed by atoms with Crippen molar-refractivity contribution in [2.75, 3.05) is 18.4 Å². The standard InChI is InChI=1S/C25H38N4O4.ClH/c26-16-9-7-5-3-1-2-4-6-8-10-17-27-21-13-11-12-19-20(21)18-29(33,25(19)32)22-14-15-23(30)28-24(22)31;/h11-13,22,27H,1-10,14-18,26H2,(H,28,30,31);1H. The topological polar surface area (TPSA) is 124 Å². The molecular weight excluding hydrogens is 456 g/mol. The van der Waals surface area contributed by atoms with Crippen LogP contribution in [-0.2, 0) is 16.1 Å². The number of nitrogens with two attached hydrogens (primary N) is 1. The molecule has 2 aliphatic heterocycles. The number of hydrogen-bond donors (Lipinski definition) is 3. The van der Waals surface area contributed by atoms with Crippen molar-refractivity contribution in [3.63, 3.8) is 0 Å². The summed E-state index contributed by atoms with van der Waals surface area (Å²) in [7, 11) is 0. The van der Waals surface area contributed by atoms with Crippen molar-refractivity contribution in [2.24, 2.45) is 5.73 Å². The Morgan fingerprint density at radius 3 is 2.21 bits per heavy atom. The molecule has 4 N–H and O–H groups in total. The first kappa shape index (κ1) is 28.2. The molecule has 1 saturated heterocycles. The molecule has 2 aliphatic rings. The number of quaternary nitrogens is 1. The number of rotatable bonds is 14. The summed E-state index contributed by atoms with van der Waals surface area (Å²) < 4.78 is -1.24. The lowest BCUT2D eigenvalue weighted by molar-refractivity contribution is -0.825. The van der Waals surface area contributed by atoms with E-state index < -0.39 is 28.4 Å². The molecule has 0 aliphatic carbocycles. The number of halogens is 1. The second kappa shape index (κ2) is 13.8. The third-order valence-electron chi connectivity index (χ3n) is 6.80. The maximum atomic E-state index is 13.5. The number of unbranched alkanes of at least 4 members (excludes halogenated alkanes) is 9. The number of carbonyl (C=O) groups is 3. The smallest absolute Gasteiger partial charge is 0.347 e. The van der Waals surface area contributed by atoms with E-state index in [0.717, 1.165) is 38.0 Å². The molecule has 9 heteroatoms. The number of amides is 3. The molecular formula is C25H39ClN4O4. The fraction of sp³-hybridized carbons (Fsp3) is 0.640. The number of anilines is 1. The van der Waals surface area contributed by atoms with Gasteiger partial charge in [0.15, 0.2) is 6.04 Å². The molecule has 3 amide bonds. The van der Waals surface area contributed by atoms with Crippen molar-refractivity contribution >= 4 is 35.8 Å².